The summed E-state index contributed by atoms with van der Waals surface area (Å²) in [5, 5.41) is 33.1. The minimum Gasteiger partial charge on any atom is -0.394 e. The van der Waals surface area contributed by atoms with Crippen LogP contribution in [0.3, 0.4) is 0 Å². The van der Waals surface area contributed by atoms with Gasteiger partial charge in [0.05, 0.1) is 26.0 Å². The molecule has 2 aromatic carbocycles. The van der Waals surface area contributed by atoms with Crippen LogP contribution in [0.15, 0.2) is 48.8 Å². The first-order valence-corrected chi connectivity index (χ1v) is 9.44. The van der Waals surface area contributed by atoms with Gasteiger partial charge in [0, 0.05) is 11.8 Å². The number of hydrogen-bond acceptors (Lipinski definition) is 4. The molecule has 30 heavy (non-hydrogen) atoms. The van der Waals surface area contributed by atoms with Gasteiger partial charge in [-0.25, -0.2) is 0 Å². The molecule has 1 aliphatic carbocycles. The molecule has 1 heterocycles. The lowest BCUT2D eigenvalue weighted by Gasteiger charge is -2.27. The zero-order valence-corrected chi connectivity index (χ0v) is 16.2. The van der Waals surface area contributed by atoms with Gasteiger partial charge in [-0.05, 0) is 34.7 Å². The number of halogens is 3. The molecule has 0 spiro atoms. The molecule has 158 valence electrons. The van der Waals surface area contributed by atoms with Crippen molar-refractivity contribution in [2.75, 3.05) is 19.8 Å². The highest BCUT2D eigenvalue weighted by Gasteiger charge is 2.48. The van der Waals surface area contributed by atoms with E-state index < -0.39 is 37.5 Å². The highest BCUT2D eigenvalue weighted by atomic mass is 19.4. The smallest absolute Gasteiger partial charge is 0.394 e. The fraction of sp³-hybridized carbons (Fsp3) is 0.318. The highest BCUT2D eigenvalue weighted by Crippen LogP contribution is 2.54. The zero-order valence-electron chi connectivity index (χ0n) is 16.2. The summed E-state index contributed by atoms with van der Waals surface area (Å²) in [6.45, 7) is 0.0914. The largest absolute Gasteiger partial charge is 0.399 e. The summed E-state index contributed by atoms with van der Waals surface area (Å²) in [5.41, 5.74) is 1.83. The Labute approximate surface area is 171 Å². The Hall–Kier alpha value is -2.68. The number of nitrogens with zero attached hydrogens (tertiary/aromatic N) is 2. The number of aryl methyl sites for hydroxylation is 1. The summed E-state index contributed by atoms with van der Waals surface area (Å²) in [5.74, 6) is -1.70. The molecule has 1 aliphatic rings. The number of aliphatic hydroxyl groups excluding tert-OH is 3. The van der Waals surface area contributed by atoms with Crippen LogP contribution in [0.1, 0.15) is 22.6 Å². The Bertz CT molecular complexity index is 1080. The molecule has 1 aromatic heterocycles. The summed E-state index contributed by atoms with van der Waals surface area (Å²) in [6.07, 6.45) is -1.44. The van der Waals surface area contributed by atoms with Crippen molar-refractivity contribution in [2.24, 2.45) is 0 Å². The van der Waals surface area contributed by atoms with E-state index >= 15 is 0 Å². The maximum absolute atomic E-state index is 14.0. The molecule has 3 N–H and O–H groups in total. The lowest BCUT2D eigenvalue weighted by atomic mass is 9.91. The van der Waals surface area contributed by atoms with Crippen LogP contribution in [0.25, 0.3) is 22.3 Å². The minimum atomic E-state index is -4.43. The first kappa shape index (κ1) is 20.6. The monoisotopic (exact) mass is 418 g/mol. The molecule has 0 amide bonds. The Morgan fingerprint density at radius 1 is 0.967 bits per heavy atom. The van der Waals surface area contributed by atoms with Crippen molar-refractivity contribution in [3.63, 3.8) is 0 Å². The second-order valence-electron chi connectivity index (χ2n) is 7.71. The summed E-state index contributed by atoms with van der Waals surface area (Å²) in [6, 6.07) is 9.87. The first-order chi connectivity index (χ1) is 14.3. The molecule has 0 radical (unpaired) electrons. The summed E-state index contributed by atoms with van der Waals surface area (Å²) in [4.78, 5) is 0. The number of rotatable bonds is 5. The van der Waals surface area contributed by atoms with E-state index in [4.69, 9.17) is 0 Å². The molecule has 0 saturated heterocycles. The van der Waals surface area contributed by atoms with Gasteiger partial charge in [-0.3, -0.25) is 4.68 Å². The van der Waals surface area contributed by atoms with Gasteiger partial charge in [-0.1, -0.05) is 42.0 Å². The van der Waals surface area contributed by atoms with Gasteiger partial charge in [0.2, 0.25) is 0 Å². The van der Waals surface area contributed by atoms with Crippen LogP contribution in [-0.4, -0.2) is 51.1 Å². The second kappa shape index (κ2) is 7.23. The maximum Gasteiger partial charge on any atom is 0.399 e. The topological polar surface area (TPSA) is 78.5 Å². The van der Waals surface area contributed by atoms with Crippen molar-refractivity contribution in [1.82, 2.24) is 9.78 Å². The summed E-state index contributed by atoms with van der Waals surface area (Å²) >= 11 is 0. The average molecular weight is 418 g/mol. The summed E-state index contributed by atoms with van der Waals surface area (Å²) < 4.78 is 43.2. The van der Waals surface area contributed by atoms with Crippen molar-refractivity contribution in [3.8, 4) is 22.3 Å². The highest BCUT2D eigenvalue weighted by molar-refractivity contribution is 5.91. The normalized spacial score (nSPS) is 15.9. The van der Waals surface area contributed by atoms with Crippen LogP contribution < -0.4 is 0 Å². The molecule has 0 fully saturated rings. The maximum atomic E-state index is 14.0. The molecule has 8 heteroatoms. The Morgan fingerprint density at radius 3 is 2.27 bits per heavy atom. The lowest BCUT2D eigenvalue weighted by Crippen LogP contribution is -2.45. The van der Waals surface area contributed by atoms with Crippen LogP contribution >= 0.6 is 0 Å². The molecule has 3 aromatic rings. The van der Waals surface area contributed by atoms with E-state index in [1.807, 2.05) is 0 Å². The van der Waals surface area contributed by atoms with E-state index in [-0.39, 0.29) is 11.1 Å². The van der Waals surface area contributed by atoms with E-state index in [0.717, 1.165) is 0 Å². The van der Waals surface area contributed by atoms with Crippen molar-refractivity contribution in [3.05, 3.63) is 65.5 Å². The molecule has 1 atom stereocenters. The fourth-order valence-corrected chi connectivity index (χ4v) is 4.16. The predicted molar refractivity (Wildman–Crippen MR) is 105 cm³/mol. The number of hydrogen-bond donors (Lipinski definition) is 3. The standard InChI is InChI=1S/C22H21F3N2O3/c1-13-6-17(14-8-26-27(9-14)21(10-28,11-29)12-30)19-15-4-2-3-5-16(15)20(18(19)7-13)22(23,24)25/h2-9,20,28-30H,10-12H2,1H3. The third kappa shape index (κ3) is 3.03. The van der Waals surface area contributed by atoms with E-state index in [1.165, 1.54) is 23.1 Å². The van der Waals surface area contributed by atoms with E-state index in [1.54, 1.807) is 37.3 Å². The van der Waals surface area contributed by atoms with Crippen molar-refractivity contribution < 1.29 is 28.5 Å². The van der Waals surface area contributed by atoms with Crippen LogP contribution in [0, 0.1) is 6.92 Å². The van der Waals surface area contributed by atoms with Crippen LogP contribution in [-0.2, 0) is 5.54 Å². The molecule has 0 aliphatic heterocycles. The zero-order chi connectivity index (χ0) is 21.7. The molecule has 4 rings (SSSR count). The molecule has 0 bridgehead atoms. The number of fused-ring (bicyclic) bond motifs is 3. The third-order valence-corrected chi connectivity index (χ3v) is 5.76. The predicted octanol–water partition coefficient (Wildman–Crippen LogP) is 3.21. The van der Waals surface area contributed by atoms with Crippen LogP contribution in [0.2, 0.25) is 0 Å². The minimum absolute atomic E-state index is 0.198. The quantitative estimate of drug-likeness (QED) is 0.595. The first-order valence-electron chi connectivity index (χ1n) is 9.44. The van der Waals surface area contributed by atoms with Gasteiger partial charge in [0.15, 0.2) is 0 Å². The van der Waals surface area contributed by atoms with Gasteiger partial charge in [-0.2, -0.15) is 18.3 Å². The number of benzene rings is 2. The van der Waals surface area contributed by atoms with E-state index in [2.05, 4.69) is 5.10 Å². The Balaban J connectivity index is 1.95. The van der Waals surface area contributed by atoms with Crippen LogP contribution in [0.4, 0.5) is 13.2 Å². The van der Waals surface area contributed by atoms with Crippen molar-refractivity contribution >= 4 is 0 Å². The SMILES string of the molecule is Cc1cc(-c2cnn(C(CO)(CO)CO)c2)c2c(c1)C(C(F)(F)F)c1ccccc1-2. The van der Waals surface area contributed by atoms with Gasteiger partial charge >= 0.3 is 6.18 Å². The lowest BCUT2D eigenvalue weighted by molar-refractivity contribution is -0.140. The Morgan fingerprint density at radius 2 is 1.63 bits per heavy atom. The molecular formula is C22H21F3N2O3. The third-order valence-electron chi connectivity index (χ3n) is 5.76. The van der Waals surface area contributed by atoms with E-state index in [9.17, 15) is 28.5 Å². The van der Waals surface area contributed by atoms with Crippen LogP contribution in [0.5, 0.6) is 0 Å². The number of aliphatic hydroxyl groups is 3. The number of aromatic nitrogens is 2. The second-order valence-corrected chi connectivity index (χ2v) is 7.71. The molecule has 1 unspecified atom stereocenters. The molecule has 0 saturated carbocycles. The number of alkyl halides is 3. The molecular weight excluding hydrogens is 397 g/mol. The fourth-order valence-electron chi connectivity index (χ4n) is 4.16. The van der Waals surface area contributed by atoms with Gasteiger partial charge in [0.1, 0.15) is 11.5 Å². The van der Waals surface area contributed by atoms with Gasteiger partial charge in [-0.15, -0.1) is 0 Å². The molecule has 5 nitrogen and oxygen atoms in total. The van der Waals surface area contributed by atoms with E-state index in [0.29, 0.717) is 27.8 Å². The van der Waals surface area contributed by atoms with Gasteiger partial charge < -0.3 is 15.3 Å². The van der Waals surface area contributed by atoms with Gasteiger partial charge in [0.25, 0.3) is 0 Å². The van der Waals surface area contributed by atoms with Crippen molar-refractivity contribution in [1.29, 1.82) is 0 Å². The Kier molecular flexibility index (Phi) is 4.96. The van der Waals surface area contributed by atoms with Crippen molar-refractivity contribution in [2.45, 2.75) is 24.6 Å². The summed E-state index contributed by atoms with van der Waals surface area (Å²) in [7, 11) is 0. The average Bonchev–Trinajstić information content (AvgIpc) is 3.32.